The van der Waals surface area contributed by atoms with Gasteiger partial charge >= 0.3 is 5.97 Å². The van der Waals surface area contributed by atoms with Gasteiger partial charge in [-0.05, 0) is 11.8 Å². The molecule has 0 amide bonds. The van der Waals surface area contributed by atoms with Crippen LogP contribution in [0.1, 0.15) is 33.6 Å². The molecule has 0 saturated carbocycles. The molecular weight excluding hydrogens is 154 g/mol. The van der Waals surface area contributed by atoms with Crippen LogP contribution in [0.2, 0.25) is 0 Å². The van der Waals surface area contributed by atoms with Crippen molar-refractivity contribution in [3.05, 3.63) is 0 Å². The van der Waals surface area contributed by atoms with E-state index in [-0.39, 0.29) is 18.4 Å². The standard InChI is InChI=1S/C9H19NO2/c1-4-6(2)7(3)8(10)5-9(11)12/h6-8H,4-5,10H2,1-3H3,(H,11,12). The van der Waals surface area contributed by atoms with Gasteiger partial charge in [-0.2, -0.15) is 0 Å². The molecule has 3 heteroatoms. The molecule has 0 radical (unpaired) electrons. The van der Waals surface area contributed by atoms with Gasteiger partial charge in [-0.25, -0.2) is 0 Å². The Morgan fingerprint density at radius 3 is 2.33 bits per heavy atom. The van der Waals surface area contributed by atoms with Crippen LogP contribution in [0.4, 0.5) is 0 Å². The van der Waals surface area contributed by atoms with Gasteiger partial charge in [0.1, 0.15) is 0 Å². The minimum atomic E-state index is -0.808. The molecule has 0 aliphatic rings. The van der Waals surface area contributed by atoms with E-state index in [1.54, 1.807) is 0 Å². The highest BCUT2D eigenvalue weighted by Crippen LogP contribution is 2.18. The summed E-state index contributed by atoms with van der Waals surface area (Å²) in [7, 11) is 0. The maximum Gasteiger partial charge on any atom is 0.304 e. The summed E-state index contributed by atoms with van der Waals surface area (Å²) in [6.07, 6.45) is 1.12. The highest BCUT2D eigenvalue weighted by Gasteiger charge is 2.20. The molecule has 3 N–H and O–H groups in total. The molecule has 0 fully saturated rings. The summed E-state index contributed by atoms with van der Waals surface area (Å²) < 4.78 is 0. The van der Waals surface area contributed by atoms with Gasteiger partial charge in [0.2, 0.25) is 0 Å². The monoisotopic (exact) mass is 173 g/mol. The van der Waals surface area contributed by atoms with Crippen molar-refractivity contribution in [3.63, 3.8) is 0 Å². The van der Waals surface area contributed by atoms with E-state index < -0.39 is 5.97 Å². The summed E-state index contributed by atoms with van der Waals surface area (Å²) in [6.45, 7) is 6.21. The van der Waals surface area contributed by atoms with Crippen LogP contribution >= 0.6 is 0 Å². The zero-order chi connectivity index (χ0) is 9.72. The lowest BCUT2D eigenvalue weighted by Crippen LogP contribution is -2.34. The summed E-state index contributed by atoms with van der Waals surface area (Å²) in [4.78, 5) is 10.3. The molecule has 0 aromatic heterocycles. The molecule has 0 heterocycles. The quantitative estimate of drug-likeness (QED) is 0.661. The number of hydrogen-bond acceptors (Lipinski definition) is 2. The molecule has 0 aliphatic heterocycles. The molecule has 0 bridgehead atoms. The number of hydrogen-bond donors (Lipinski definition) is 2. The number of nitrogens with two attached hydrogens (primary N) is 1. The maximum atomic E-state index is 10.3. The summed E-state index contributed by atoms with van der Waals surface area (Å²) in [5, 5.41) is 8.51. The van der Waals surface area contributed by atoms with Crippen LogP contribution in [-0.2, 0) is 4.79 Å². The average Bonchev–Trinajstić information content (AvgIpc) is 2.00. The van der Waals surface area contributed by atoms with Crippen molar-refractivity contribution in [2.45, 2.75) is 39.7 Å². The fraction of sp³-hybridized carbons (Fsp3) is 0.889. The Morgan fingerprint density at radius 2 is 2.00 bits per heavy atom. The van der Waals surface area contributed by atoms with Crippen molar-refractivity contribution < 1.29 is 9.90 Å². The predicted molar refractivity (Wildman–Crippen MR) is 48.8 cm³/mol. The average molecular weight is 173 g/mol. The molecule has 0 aliphatic carbocycles. The molecule has 0 aromatic rings. The molecule has 12 heavy (non-hydrogen) atoms. The van der Waals surface area contributed by atoms with Crippen LogP contribution in [0, 0.1) is 11.8 Å². The van der Waals surface area contributed by atoms with Crippen molar-refractivity contribution in [3.8, 4) is 0 Å². The molecule has 0 spiro atoms. The predicted octanol–water partition coefficient (Wildman–Crippen LogP) is 1.47. The van der Waals surface area contributed by atoms with Gasteiger partial charge in [0.25, 0.3) is 0 Å². The molecule has 3 nitrogen and oxygen atoms in total. The fourth-order valence-electron chi connectivity index (χ4n) is 1.18. The number of rotatable bonds is 5. The molecule has 0 saturated heterocycles. The van der Waals surface area contributed by atoms with Gasteiger partial charge in [0.15, 0.2) is 0 Å². The third kappa shape index (κ3) is 3.72. The molecular formula is C9H19NO2. The van der Waals surface area contributed by atoms with Crippen molar-refractivity contribution in [1.29, 1.82) is 0 Å². The molecule has 0 aromatic carbocycles. The van der Waals surface area contributed by atoms with Gasteiger partial charge in [-0.1, -0.05) is 27.2 Å². The first kappa shape index (κ1) is 11.4. The first-order valence-electron chi connectivity index (χ1n) is 4.46. The first-order chi connectivity index (χ1) is 5.49. The second-order valence-electron chi connectivity index (χ2n) is 3.51. The van der Waals surface area contributed by atoms with Crippen molar-refractivity contribution in [2.75, 3.05) is 0 Å². The molecule has 0 rings (SSSR count). The maximum absolute atomic E-state index is 10.3. The molecule has 3 unspecified atom stereocenters. The van der Waals surface area contributed by atoms with E-state index in [2.05, 4.69) is 13.8 Å². The first-order valence-corrected chi connectivity index (χ1v) is 4.46. The fourth-order valence-corrected chi connectivity index (χ4v) is 1.18. The van der Waals surface area contributed by atoms with Crippen molar-refractivity contribution in [2.24, 2.45) is 17.6 Å². The van der Waals surface area contributed by atoms with Gasteiger partial charge in [-0.3, -0.25) is 4.79 Å². The highest BCUT2D eigenvalue weighted by molar-refractivity contribution is 5.67. The minimum absolute atomic E-state index is 0.0749. The number of aliphatic carboxylic acids is 1. The Morgan fingerprint density at radius 1 is 1.50 bits per heavy atom. The van der Waals surface area contributed by atoms with Gasteiger partial charge < -0.3 is 10.8 Å². The molecule has 3 atom stereocenters. The second-order valence-corrected chi connectivity index (χ2v) is 3.51. The van der Waals surface area contributed by atoms with Crippen molar-refractivity contribution in [1.82, 2.24) is 0 Å². The van der Waals surface area contributed by atoms with E-state index in [1.165, 1.54) is 0 Å². The van der Waals surface area contributed by atoms with Crippen LogP contribution in [0.25, 0.3) is 0 Å². The van der Waals surface area contributed by atoms with Crippen LogP contribution in [0.15, 0.2) is 0 Å². The Hall–Kier alpha value is -0.570. The number of carbonyl (C=O) groups is 1. The summed E-state index contributed by atoms with van der Waals surface area (Å²) >= 11 is 0. The Labute approximate surface area is 74.0 Å². The SMILES string of the molecule is CCC(C)C(C)C(N)CC(=O)O. The molecule has 72 valence electrons. The van der Waals surface area contributed by atoms with Crippen LogP contribution in [0.3, 0.4) is 0 Å². The van der Waals surface area contributed by atoms with E-state index in [0.717, 1.165) is 6.42 Å². The Kier molecular flexibility index (Phi) is 4.90. The lowest BCUT2D eigenvalue weighted by molar-refractivity contribution is -0.137. The summed E-state index contributed by atoms with van der Waals surface area (Å²) in [5.41, 5.74) is 5.71. The minimum Gasteiger partial charge on any atom is -0.481 e. The van der Waals surface area contributed by atoms with E-state index in [9.17, 15) is 4.79 Å². The van der Waals surface area contributed by atoms with Crippen molar-refractivity contribution >= 4 is 5.97 Å². The summed E-state index contributed by atoms with van der Waals surface area (Å²) in [6, 6.07) is -0.211. The van der Waals surface area contributed by atoms with Crippen LogP contribution < -0.4 is 5.73 Å². The largest absolute Gasteiger partial charge is 0.481 e. The topological polar surface area (TPSA) is 63.3 Å². The zero-order valence-corrected chi connectivity index (χ0v) is 8.08. The lowest BCUT2D eigenvalue weighted by atomic mass is 9.86. The zero-order valence-electron chi connectivity index (χ0n) is 8.08. The normalized spacial score (nSPS) is 18.3. The van der Waals surface area contributed by atoms with Gasteiger partial charge in [-0.15, -0.1) is 0 Å². The van der Waals surface area contributed by atoms with E-state index >= 15 is 0 Å². The number of carboxylic acids is 1. The summed E-state index contributed by atoms with van der Waals surface area (Å²) in [5.74, 6) is -0.0249. The third-order valence-corrected chi connectivity index (χ3v) is 2.63. The van der Waals surface area contributed by atoms with Crippen LogP contribution in [-0.4, -0.2) is 17.1 Å². The van der Waals surface area contributed by atoms with E-state index in [4.69, 9.17) is 10.8 Å². The lowest BCUT2D eigenvalue weighted by Gasteiger charge is -2.23. The smallest absolute Gasteiger partial charge is 0.304 e. The highest BCUT2D eigenvalue weighted by atomic mass is 16.4. The van der Waals surface area contributed by atoms with Crippen LogP contribution in [0.5, 0.6) is 0 Å². The number of carboxylic acid groups (broad SMARTS) is 1. The van der Waals surface area contributed by atoms with Gasteiger partial charge in [0.05, 0.1) is 6.42 Å². The Balaban J connectivity index is 3.91. The Bertz CT molecular complexity index is 147. The third-order valence-electron chi connectivity index (χ3n) is 2.63. The van der Waals surface area contributed by atoms with Gasteiger partial charge in [0, 0.05) is 6.04 Å². The second kappa shape index (κ2) is 5.14. The van der Waals surface area contributed by atoms with E-state index in [0.29, 0.717) is 5.92 Å². The van der Waals surface area contributed by atoms with E-state index in [1.807, 2.05) is 6.92 Å².